The van der Waals surface area contributed by atoms with Gasteiger partial charge in [0.15, 0.2) is 0 Å². The number of amides is 4. The Bertz CT molecular complexity index is 952. The first-order valence-electron chi connectivity index (χ1n) is 9.00. The minimum Gasteiger partial charge on any atom is -0.323 e. The highest BCUT2D eigenvalue weighted by atomic mass is 16.2. The number of hydrogen-bond donors (Lipinski definition) is 2. The first kappa shape index (κ1) is 19.1. The Morgan fingerprint density at radius 2 is 1.82 bits per heavy atom. The summed E-state index contributed by atoms with van der Waals surface area (Å²) in [6, 6.07) is 17.0. The molecule has 2 aromatic rings. The predicted octanol–water partition coefficient (Wildman–Crippen LogP) is 2.74. The monoisotopic (exact) mass is 376 g/mol. The van der Waals surface area contributed by atoms with Crippen molar-refractivity contribution in [1.82, 2.24) is 10.2 Å². The van der Waals surface area contributed by atoms with E-state index in [1.165, 1.54) is 0 Å². The number of anilines is 1. The van der Waals surface area contributed by atoms with E-state index in [1.54, 1.807) is 48.5 Å². The fourth-order valence-electron chi connectivity index (χ4n) is 3.40. The average Bonchev–Trinajstić information content (AvgIpc) is 2.94. The lowest BCUT2D eigenvalue weighted by Gasteiger charge is -2.26. The molecule has 1 saturated heterocycles. The molecule has 1 heterocycles. The molecule has 1 atom stereocenters. The van der Waals surface area contributed by atoms with Gasteiger partial charge in [0.05, 0.1) is 11.3 Å². The highest BCUT2D eigenvalue weighted by Crippen LogP contribution is 2.33. The summed E-state index contributed by atoms with van der Waals surface area (Å²) in [7, 11) is 0. The lowest BCUT2D eigenvalue weighted by atomic mass is 9.85. The number of hydrogen-bond acceptors (Lipinski definition) is 4. The number of urea groups is 1. The SMILES string of the molecule is CCC[C@]1(c2ccccc2)NC(=O)N(CC(=O)Nc2ccccc2C#N)C1=O. The third-order valence-electron chi connectivity index (χ3n) is 4.69. The summed E-state index contributed by atoms with van der Waals surface area (Å²) < 4.78 is 0. The van der Waals surface area contributed by atoms with Gasteiger partial charge in [-0.3, -0.25) is 14.5 Å². The first-order chi connectivity index (χ1) is 13.5. The molecular formula is C21H20N4O3. The number of carbonyl (C=O) groups is 3. The molecule has 0 aliphatic carbocycles. The third kappa shape index (κ3) is 3.45. The Labute approximate surface area is 163 Å². The molecule has 4 amide bonds. The van der Waals surface area contributed by atoms with Crippen molar-refractivity contribution in [3.05, 3.63) is 65.7 Å². The van der Waals surface area contributed by atoms with E-state index in [2.05, 4.69) is 10.6 Å². The zero-order valence-corrected chi connectivity index (χ0v) is 15.4. The van der Waals surface area contributed by atoms with Crippen LogP contribution >= 0.6 is 0 Å². The van der Waals surface area contributed by atoms with Crippen molar-refractivity contribution in [3.8, 4) is 6.07 Å². The van der Waals surface area contributed by atoms with E-state index in [9.17, 15) is 14.4 Å². The molecule has 2 N–H and O–H groups in total. The summed E-state index contributed by atoms with van der Waals surface area (Å²) in [6.45, 7) is 1.50. The zero-order chi connectivity index (χ0) is 20.1. The smallest absolute Gasteiger partial charge is 0.323 e. The van der Waals surface area contributed by atoms with Crippen LogP contribution in [0.1, 0.15) is 30.9 Å². The number of imide groups is 1. The van der Waals surface area contributed by atoms with E-state index in [-0.39, 0.29) is 0 Å². The molecule has 0 radical (unpaired) electrons. The molecule has 0 spiro atoms. The largest absolute Gasteiger partial charge is 0.325 e. The number of rotatable bonds is 6. The second-order valence-electron chi connectivity index (χ2n) is 6.55. The van der Waals surface area contributed by atoms with Crippen LogP contribution < -0.4 is 10.6 Å². The fraction of sp³-hybridized carbons (Fsp3) is 0.238. The molecule has 142 valence electrons. The van der Waals surface area contributed by atoms with Crippen molar-refractivity contribution in [2.45, 2.75) is 25.3 Å². The van der Waals surface area contributed by atoms with Crippen LogP contribution in [0.5, 0.6) is 0 Å². The summed E-state index contributed by atoms with van der Waals surface area (Å²) in [6.07, 6.45) is 1.10. The molecule has 28 heavy (non-hydrogen) atoms. The van der Waals surface area contributed by atoms with Gasteiger partial charge in [0.1, 0.15) is 18.2 Å². The maximum atomic E-state index is 13.1. The molecule has 1 aliphatic heterocycles. The van der Waals surface area contributed by atoms with Gasteiger partial charge in [-0.05, 0) is 24.1 Å². The third-order valence-corrected chi connectivity index (χ3v) is 4.69. The molecule has 0 unspecified atom stereocenters. The quantitative estimate of drug-likeness (QED) is 0.757. The number of nitrogens with one attached hydrogen (secondary N) is 2. The molecule has 0 saturated carbocycles. The lowest BCUT2D eigenvalue weighted by Crippen LogP contribution is -2.44. The second-order valence-corrected chi connectivity index (χ2v) is 6.55. The van der Waals surface area contributed by atoms with Gasteiger partial charge in [-0.1, -0.05) is 55.8 Å². The minimum absolute atomic E-state index is 0.303. The van der Waals surface area contributed by atoms with Gasteiger partial charge < -0.3 is 10.6 Å². The fourth-order valence-corrected chi connectivity index (χ4v) is 3.40. The Kier molecular flexibility index (Phi) is 5.41. The van der Waals surface area contributed by atoms with Gasteiger partial charge in [-0.25, -0.2) is 4.79 Å². The minimum atomic E-state index is -1.17. The predicted molar refractivity (Wildman–Crippen MR) is 103 cm³/mol. The van der Waals surface area contributed by atoms with Crippen LogP contribution in [0.3, 0.4) is 0 Å². The van der Waals surface area contributed by atoms with Gasteiger partial charge in [-0.2, -0.15) is 5.26 Å². The Morgan fingerprint density at radius 1 is 1.14 bits per heavy atom. The van der Waals surface area contributed by atoms with Crippen LogP contribution in [0.4, 0.5) is 10.5 Å². The molecule has 3 rings (SSSR count). The maximum absolute atomic E-state index is 13.1. The topological polar surface area (TPSA) is 102 Å². The summed E-state index contributed by atoms with van der Waals surface area (Å²) in [5.41, 5.74) is 0.160. The summed E-state index contributed by atoms with van der Waals surface area (Å²) in [5.74, 6) is -0.999. The van der Waals surface area contributed by atoms with Gasteiger partial charge in [0.2, 0.25) is 5.91 Å². The van der Waals surface area contributed by atoms with Crippen LogP contribution in [-0.2, 0) is 15.1 Å². The van der Waals surface area contributed by atoms with Gasteiger partial charge in [0, 0.05) is 0 Å². The van der Waals surface area contributed by atoms with Crippen molar-refractivity contribution in [2.75, 3.05) is 11.9 Å². The zero-order valence-electron chi connectivity index (χ0n) is 15.4. The Hall–Kier alpha value is -3.66. The van der Waals surface area contributed by atoms with E-state index < -0.39 is 29.9 Å². The molecule has 0 aromatic heterocycles. The van der Waals surface area contributed by atoms with Gasteiger partial charge in [0.25, 0.3) is 5.91 Å². The van der Waals surface area contributed by atoms with Crippen LogP contribution in [0, 0.1) is 11.3 Å². The summed E-state index contributed by atoms with van der Waals surface area (Å²) in [4.78, 5) is 39.0. The molecule has 1 aliphatic rings. The summed E-state index contributed by atoms with van der Waals surface area (Å²) in [5, 5.41) is 14.5. The second kappa shape index (κ2) is 7.92. The van der Waals surface area contributed by atoms with Crippen molar-refractivity contribution < 1.29 is 14.4 Å². The molecule has 2 aromatic carbocycles. The van der Waals surface area contributed by atoms with Crippen LogP contribution in [-0.4, -0.2) is 29.3 Å². The van der Waals surface area contributed by atoms with E-state index in [1.807, 2.05) is 19.1 Å². The number of carbonyl (C=O) groups excluding carboxylic acids is 3. The highest BCUT2D eigenvalue weighted by Gasteiger charge is 2.52. The van der Waals surface area contributed by atoms with Crippen molar-refractivity contribution >= 4 is 23.5 Å². The van der Waals surface area contributed by atoms with E-state index in [0.717, 1.165) is 4.90 Å². The van der Waals surface area contributed by atoms with E-state index in [4.69, 9.17) is 5.26 Å². The summed E-state index contributed by atoms with van der Waals surface area (Å²) >= 11 is 0. The number of benzene rings is 2. The molecule has 1 fully saturated rings. The van der Waals surface area contributed by atoms with Crippen LogP contribution in [0.2, 0.25) is 0 Å². The van der Waals surface area contributed by atoms with Crippen LogP contribution in [0.15, 0.2) is 54.6 Å². The standard InChI is InChI=1S/C21H20N4O3/c1-2-12-21(16-9-4-3-5-10-16)19(27)25(20(28)24-21)14-18(26)23-17-11-7-6-8-15(17)13-22/h3-11H,2,12,14H2,1H3,(H,23,26)(H,24,28)/t21-/m1/s1. The molecule has 0 bridgehead atoms. The average molecular weight is 376 g/mol. The molecule has 7 nitrogen and oxygen atoms in total. The number of nitrogens with zero attached hydrogens (tertiary/aromatic N) is 2. The number of para-hydroxylation sites is 1. The van der Waals surface area contributed by atoms with E-state index in [0.29, 0.717) is 29.7 Å². The maximum Gasteiger partial charge on any atom is 0.325 e. The lowest BCUT2D eigenvalue weighted by molar-refractivity contribution is -0.134. The van der Waals surface area contributed by atoms with E-state index >= 15 is 0 Å². The van der Waals surface area contributed by atoms with Crippen LogP contribution in [0.25, 0.3) is 0 Å². The van der Waals surface area contributed by atoms with Gasteiger partial charge >= 0.3 is 6.03 Å². The highest BCUT2D eigenvalue weighted by molar-refractivity contribution is 6.10. The normalized spacial score (nSPS) is 18.5. The Balaban J connectivity index is 1.81. The van der Waals surface area contributed by atoms with Gasteiger partial charge in [-0.15, -0.1) is 0 Å². The molecular weight excluding hydrogens is 356 g/mol. The van der Waals surface area contributed by atoms with Crippen molar-refractivity contribution in [3.63, 3.8) is 0 Å². The first-order valence-corrected chi connectivity index (χ1v) is 9.00. The number of nitriles is 1. The van der Waals surface area contributed by atoms with Crippen molar-refractivity contribution in [1.29, 1.82) is 5.26 Å². The Morgan fingerprint density at radius 3 is 2.50 bits per heavy atom. The van der Waals surface area contributed by atoms with Crippen molar-refractivity contribution in [2.24, 2.45) is 0 Å². The molecule has 7 heteroatoms.